The van der Waals surface area contributed by atoms with E-state index >= 15 is 0 Å². The Labute approximate surface area is 95.7 Å². The standard InChI is InChI=1S/C13H8O4/c14-9-3-4-11-8(6-9)7-10(13(15)17-11)12-2-1-5-16-12/h1-7,14H. The molecular formula is C13H8O4. The van der Waals surface area contributed by atoms with Crippen LogP contribution in [0.1, 0.15) is 0 Å². The number of phenols is 1. The topological polar surface area (TPSA) is 63.6 Å². The predicted octanol–water partition coefficient (Wildman–Crippen LogP) is 2.76. The maximum atomic E-state index is 11.7. The average molecular weight is 228 g/mol. The van der Waals surface area contributed by atoms with Crippen LogP contribution in [0.3, 0.4) is 0 Å². The minimum Gasteiger partial charge on any atom is -0.508 e. The lowest BCUT2D eigenvalue weighted by molar-refractivity contribution is 0.475. The van der Waals surface area contributed by atoms with E-state index in [0.29, 0.717) is 22.3 Å². The summed E-state index contributed by atoms with van der Waals surface area (Å²) in [5.74, 6) is 0.570. The second kappa shape index (κ2) is 3.52. The van der Waals surface area contributed by atoms with Gasteiger partial charge in [0.25, 0.3) is 0 Å². The van der Waals surface area contributed by atoms with Crippen molar-refractivity contribution >= 4 is 11.0 Å². The van der Waals surface area contributed by atoms with Gasteiger partial charge >= 0.3 is 5.63 Å². The minimum atomic E-state index is -0.460. The number of furan rings is 1. The zero-order valence-corrected chi connectivity index (χ0v) is 8.71. The van der Waals surface area contributed by atoms with Gasteiger partial charge in [0.2, 0.25) is 0 Å². The fourth-order valence-corrected chi connectivity index (χ4v) is 1.71. The van der Waals surface area contributed by atoms with Crippen molar-refractivity contribution in [2.75, 3.05) is 0 Å². The zero-order chi connectivity index (χ0) is 11.8. The van der Waals surface area contributed by atoms with Crippen LogP contribution in [0.5, 0.6) is 5.75 Å². The molecule has 1 aromatic carbocycles. The van der Waals surface area contributed by atoms with Crippen molar-refractivity contribution in [1.29, 1.82) is 0 Å². The number of hydrogen-bond donors (Lipinski definition) is 1. The lowest BCUT2D eigenvalue weighted by Crippen LogP contribution is -2.01. The summed E-state index contributed by atoms with van der Waals surface area (Å²) in [6, 6.07) is 9.57. The highest BCUT2D eigenvalue weighted by Gasteiger charge is 2.10. The van der Waals surface area contributed by atoms with E-state index in [1.54, 1.807) is 24.3 Å². The van der Waals surface area contributed by atoms with Gasteiger partial charge in [-0.15, -0.1) is 0 Å². The second-order valence-corrected chi connectivity index (χ2v) is 3.65. The predicted molar refractivity (Wildman–Crippen MR) is 61.9 cm³/mol. The van der Waals surface area contributed by atoms with E-state index in [4.69, 9.17) is 8.83 Å². The monoisotopic (exact) mass is 228 g/mol. The lowest BCUT2D eigenvalue weighted by Gasteiger charge is -2.00. The minimum absolute atomic E-state index is 0.122. The molecule has 84 valence electrons. The number of aromatic hydroxyl groups is 1. The van der Waals surface area contributed by atoms with Crippen LogP contribution in [0.4, 0.5) is 0 Å². The van der Waals surface area contributed by atoms with Gasteiger partial charge in [-0.1, -0.05) is 0 Å². The van der Waals surface area contributed by atoms with Gasteiger partial charge in [-0.25, -0.2) is 4.79 Å². The third-order valence-corrected chi connectivity index (χ3v) is 2.50. The van der Waals surface area contributed by atoms with Crippen LogP contribution in [0.2, 0.25) is 0 Å². The second-order valence-electron chi connectivity index (χ2n) is 3.65. The van der Waals surface area contributed by atoms with E-state index in [9.17, 15) is 9.90 Å². The van der Waals surface area contributed by atoms with Gasteiger partial charge < -0.3 is 13.9 Å². The molecule has 4 nitrogen and oxygen atoms in total. The van der Waals surface area contributed by atoms with E-state index in [-0.39, 0.29) is 5.75 Å². The van der Waals surface area contributed by atoms with Gasteiger partial charge in [-0.3, -0.25) is 0 Å². The molecule has 0 spiro atoms. The summed E-state index contributed by atoms with van der Waals surface area (Å²) >= 11 is 0. The Morgan fingerprint density at radius 2 is 2.00 bits per heavy atom. The first-order valence-electron chi connectivity index (χ1n) is 5.05. The SMILES string of the molecule is O=c1oc2ccc(O)cc2cc1-c1ccco1. The maximum absolute atomic E-state index is 11.7. The summed E-state index contributed by atoms with van der Waals surface area (Å²) < 4.78 is 10.3. The lowest BCUT2D eigenvalue weighted by atomic mass is 10.1. The summed E-state index contributed by atoms with van der Waals surface area (Å²) in [4.78, 5) is 11.7. The first kappa shape index (κ1) is 9.72. The molecule has 0 saturated carbocycles. The van der Waals surface area contributed by atoms with E-state index in [2.05, 4.69) is 0 Å². The number of phenolic OH excluding ortho intramolecular Hbond substituents is 1. The molecule has 0 unspecified atom stereocenters. The van der Waals surface area contributed by atoms with Crippen molar-refractivity contribution < 1.29 is 13.9 Å². The van der Waals surface area contributed by atoms with E-state index in [1.807, 2.05) is 0 Å². The largest absolute Gasteiger partial charge is 0.508 e. The number of fused-ring (bicyclic) bond motifs is 1. The molecule has 1 N–H and O–H groups in total. The molecule has 0 saturated heterocycles. The van der Waals surface area contributed by atoms with Crippen LogP contribution in [0.25, 0.3) is 22.3 Å². The first-order valence-corrected chi connectivity index (χ1v) is 5.05. The fraction of sp³-hybridized carbons (Fsp3) is 0. The van der Waals surface area contributed by atoms with Crippen molar-refractivity contribution in [1.82, 2.24) is 0 Å². The summed E-state index contributed by atoms with van der Waals surface area (Å²) in [5, 5.41) is 10.0. The molecule has 0 fully saturated rings. The highest BCUT2D eigenvalue weighted by Crippen LogP contribution is 2.23. The van der Waals surface area contributed by atoms with Crippen LogP contribution in [-0.2, 0) is 0 Å². The molecule has 0 atom stereocenters. The Bertz CT molecular complexity index is 723. The van der Waals surface area contributed by atoms with Gasteiger partial charge in [-0.2, -0.15) is 0 Å². The van der Waals surface area contributed by atoms with Crippen molar-refractivity contribution in [3.63, 3.8) is 0 Å². The van der Waals surface area contributed by atoms with Crippen LogP contribution >= 0.6 is 0 Å². The third-order valence-electron chi connectivity index (χ3n) is 2.50. The molecule has 0 amide bonds. The Kier molecular flexibility index (Phi) is 2.01. The summed E-state index contributed by atoms with van der Waals surface area (Å²) in [6.07, 6.45) is 1.49. The molecule has 0 aliphatic heterocycles. The molecule has 0 radical (unpaired) electrons. The smallest absolute Gasteiger partial charge is 0.347 e. The van der Waals surface area contributed by atoms with Crippen LogP contribution in [0, 0.1) is 0 Å². The third kappa shape index (κ3) is 1.59. The maximum Gasteiger partial charge on any atom is 0.347 e. The normalized spacial score (nSPS) is 10.8. The highest BCUT2D eigenvalue weighted by atomic mass is 16.4. The molecular weight excluding hydrogens is 220 g/mol. The molecule has 2 heterocycles. The molecule has 3 aromatic rings. The zero-order valence-electron chi connectivity index (χ0n) is 8.71. The van der Waals surface area contributed by atoms with Gasteiger partial charge in [0.15, 0.2) is 0 Å². The molecule has 3 rings (SSSR count). The summed E-state index contributed by atoms with van der Waals surface area (Å²) in [7, 11) is 0. The van der Waals surface area contributed by atoms with Crippen molar-refractivity contribution in [3.8, 4) is 17.1 Å². The molecule has 0 bridgehead atoms. The number of hydrogen-bond acceptors (Lipinski definition) is 4. The van der Waals surface area contributed by atoms with Crippen molar-refractivity contribution in [2.24, 2.45) is 0 Å². The van der Waals surface area contributed by atoms with Gasteiger partial charge in [0, 0.05) is 5.39 Å². The van der Waals surface area contributed by atoms with Crippen LogP contribution in [0.15, 0.2) is 56.3 Å². The highest BCUT2D eigenvalue weighted by molar-refractivity contribution is 5.81. The Hall–Kier alpha value is -2.49. The Morgan fingerprint density at radius 3 is 2.76 bits per heavy atom. The first-order chi connectivity index (χ1) is 8.24. The van der Waals surface area contributed by atoms with Crippen molar-refractivity contribution in [3.05, 3.63) is 53.1 Å². The summed E-state index contributed by atoms with van der Waals surface area (Å²) in [5.41, 5.74) is 0.314. The number of rotatable bonds is 1. The molecule has 0 aliphatic carbocycles. The fourth-order valence-electron chi connectivity index (χ4n) is 1.71. The average Bonchev–Trinajstić information content (AvgIpc) is 2.82. The molecule has 17 heavy (non-hydrogen) atoms. The van der Waals surface area contributed by atoms with Gasteiger partial charge in [0.1, 0.15) is 22.7 Å². The van der Waals surface area contributed by atoms with Crippen molar-refractivity contribution in [2.45, 2.75) is 0 Å². The molecule has 0 aliphatic rings. The van der Waals surface area contributed by atoms with E-state index in [0.717, 1.165) is 0 Å². The quantitative estimate of drug-likeness (QED) is 0.650. The van der Waals surface area contributed by atoms with Crippen LogP contribution < -0.4 is 5.63 Å². The summed E-state index contributed by atoms with van der Waals surface area (Å²) in [6.45, 7) is 0. The Morgan fingerprint density at radius 1 is 1.12 bits per heavy atom. The van der Waals surface area contributed by atoms with E-state index < -0.39 is 5.63 Å². The van der Waals surface area contributed by atoms with Gasteiger partial charge in [0.05, 0.1) is 6.26 Å². The molecule has 4 heteroatoms. The Balaban J connectivity index is 2.33. The molecule has 2 aromatic heterocycles. The number of benzene rings is 1. The van der Waals surface area contributed by atoms with E-state index in [1.165, 1.54) is 18.4 Å². The van der Waals surface area contributed by atoms with Crippen LogP contribution in [-0.4, -0.2) is 5.11 Å². The van der Waals surface area contributed by atoms with Gasteiger partial charge in [-0.05, 0) is 36.4 Å².